The van der Waals surface area contributed by atoms with E-state index in [0.29, 0.717) is 6.61 Å². The van der Waals surface area contributed by atoms with E-state index in [1.165, 1.54) is 83.5 Å². The summed E-state index contributed by atoms with van der Waals surface area (Å²) in [4.78, 5) is 0. The van der Waals surface area contributed by atoms with E-state index in [-0.39, 0.29) is 0 Å². The minimum absolute atomic E-state index is 0.681. The Hall–Kier alpha value is -4.52. The molecule has 4 heterocycles. The minimum Gasteiger partial charge on any atom is -0.494 e. The predicted octanol–water partition coefficient (Wildman–Crippen LogP) is 12.6. The van der Waals surface area contributed by atoms with E-state index in [0.717, 1.165) is 34.9 Å². The van der Waals surface area contributed by atoms with Crippen LogP contribution in [-0.4, -0.2) is 36.1 Å². The highest BCUT2D eigenvalue weighted by Crippen LogP contribution is 2.36. The summed E-state index contributed by atoms with van der Waals surface area (Å²) in [5, 5.41) is 22.2. The molecule has 0 atom stereocenters. The quantitative estimate of drug-likeness (QED) is 0.177. The largest absolute Gasteiger partial charge is 0.494 e. The first-order valence-corrected chi connectivity index (χ1v) is 19.7. The molecule has 6 rings (SSSR count). The zero-order valence-electron chi connectivity index (χ0n) is 36.8. The molecule has 4 aromatic heterocycles. The first-order chi connectivity index (χ1) is 25.2. The summed E-state index contributed by atoms with van der Waals surface area (Å²) in [7, 11) is 0. The number of aromatic nitrogens is 6. The predicted molar refractivity (Wildman–Crippen MR) is 229 cm³/mol. The molecule has 0 bridgehead atoms. The topological polar surface area (TPSA) is 70.7 Å². The summed E-state index contributed by atoms with van der Waals surface area (Å²) in [6.45, 7) is 42.4. The van der Waals surface area contributed by atoms with Gasteiger partial charge in [-0.2, -0.15) is 20.4 Å². The average Bonchev–Trinajstić information content (AvgIpc) is 3.59. The van der Waals surface area contributed by atoms with Gasteiger partial charge >= 0.3 is 0 Å². The molecule has 0 spiro atoms. The Balaban J connectivity index is 0.000000322. The van der Waals surface area contributed by atoms with E-state index in [1.807, 2.05) is 76.2 Å². The van der Waals surface area contributed by atoms with Gasteiger partial charge in [0, 0.05) is 55.7 Å². The molecule has 53 heavy (non-hydrogen) atoms. The fourth-order valence-electron chi connectivity index (χ4n) is 7.49. The molecule has 7 heteroatoms. The Bertz CT molecular complexity index is 2080. The standard InChI is InChI=1S/C20H25N3O.C20H25N3.3C2H6/c1-8-24-18-10-9-17(11(2)12(18)3)23-15(6)19-13(4)21-22-14(5)20(19)16(23)7;1-8-17-9-12(3)18(10-11(17)2)23-15(6)19-13(4)21-22-14(5)20(19)16(23)7;3*1-2/h9-10H,8H2,1-7H3;9-10H,8H2,1-7H3;3*1-2H3. The van der Waals surface area contributed by atoms with Crippen LogP contribution in [0.4, 0.5) is 0 Å². The van der Waals surface area contributed by atoms with Crippen LogP contribution in [0.15, 0.2) is 24.3 Å². The van der Waals surface area contributed by atoms with Crippen LogP contribution in [0.1, 0.15) is 129 Å². The van der Waals surface area contributed by atoms with Crippen LogP contribution in [0.5, 0.6) is 5.75 Å². The van der Waals surface area contributed by atoms with Crippen molar-refractivity contribution in [1.29, 1.82) is 0 Å². The molecular formula is C46H68N6O. The Kier molecular flexibility index (Phi) is 16.4. The first kappa shape index (κ1) is 44.6. The third-order valence-electron chi connectivity index (χ3n) is 9.96. The number of hydrogen-bond donors (Lipinski definition) is 0. The van der Waals surface area contributed by atoms with Crippen LogP contribution in [0.3, 0.4) is 0 Å². The fourth-order valence-corrected chi connectivity index (χ4v) is 7.49. The second-order valence-corrected chi connectivity index (χ2v) is 12.9. The first-order valence-electron chi connectivity index (χ1n) is 19.7. The van der Waals surface area contributed by atoms with Crippen molar-refractivity contribution >= 4 is 21.5 Å². The molecule has 0 fully saturated rings. The lowest BCUT2D eigenvalue weighted by Gasteiger charge is -2.17. The van der Waals surface area contributed by atoms with Crippen molar-refractivity contribution in [1.82, 2.24) is 29.5 Å². The van der Waals surface area contributed by atoms with Crippen LogP contribution >= 0.6 is 0 Å². The number of nitrogens with zero attached hydrogens (tertiary/aromatic N) is 6. The second-order valence-electron chi connectivity index (χ2n) is 12.9. The molecular weight excluding hydrogens is 653 g/mol. The van der Waals surface area contributed by atoms with E-state index in [1.54, 1.807) is 0 Å². The third-order valence-corrected chi connectivity index (χ3v) is 9.96. The Morgan fingerprint density at radius 3 is 1.21 bits per heavy atom. The molecule has 0 unspecified atom stereocenters. The summed E-state index contributed by atoms with van der Waals surface area (Å²) in [5.74, 6) is 0.960. The summed E-state index contributed by atoms with van der Waals surface area (Å²) in [6, 6.07) is 8.86. The molecule has 2 aromatic carbocycles. The molecule has 6 aromatic rings. The van der Waals surface area contributed by atoms with Crippen molar-refractivity contribution in [3.63, 3.8) is 0 Å². The van der Waals surface area contributed by atoms with Crippen molar-refractivity contribution in [2.45, 2.75) is 145 Å². The summed E-state index contributed by atoms with van der Waals surface area (Å²) >= 11 is 0. The molecule has 0 N–H and O–H groups in total. The monoisotopic (exact) mass is 721 g/mol. The molecule has 0 aliphatic heterocycles. The van der Waals surface area contributed by atoms with Gasteiger partial charge in [0.05, 0.1) is 29.4 Å². The van der Waals surface area contributed by atoms with E-state index >= 15 is 0 Å². The van der Waals surface area contributed by atoms with Gasteiger partial charge in [-0.05, 0) is 142 Å². The van der Waals surface area contributed by atoms with E-state index < -0.39 is 0 Å². The normalized spacial score (nSPS) is 10.4. The lowest BCUT2D eigenvalue weighted by atomic mass is 10.0. The summed E-state index contributed by atoms with van der Waals surface area (Å²) in [6.07, 6.45) is 1.07. The van der Waals surface area contributed by atoms with Crippen molar-refractivity contribution in [2.75, 3.05) is 6.61 Å². The zero-order valence-corrected chi connectivity index (χ0v) is 36.8. The van der Waals surface area contributed by atoms with Gasteiger partial charge in [-0.3, -0.25) is 0 Å². The lowest BCUT2D eigenvalue weighted by molar-refractivity contribution is 0.337. The van der Waals surface area contributed by atoms with E-state index in [9.17, 15) is 0 Å². The maximum absolute atomic E-state index is 5.74. The second kappa shape index (κ2) is 19.5. The van der Waals surface area contributed by atoms with Gasteiger partial charge in [0.15, 0.2) is 0 Å². The molecule has 7 nitrogen and oxygen atoms in total. The third kappa shape index (κ3) is 8.50. The molecule has 0 saturated carbocycles. The average molecular weight is 721 g/mol. The Morgan fingerprint density at radius 1 is 0.472 bits per heavy atom. The van der Waals surface area contributed by atoms with Gasteiger partial charge in [-0.15, -0.1) is 0 Å². The van der Waals surface area contributed by atoms with Gasteiger partial charge in [-0.25, -0.2) is 0 Å². The van der Waals surface area contributed by atoms with Crippen LogP contribution < -0.4 is 4.74 Å². The summed E-state index contributed by atoms with van der Waals surface area (Å²) in [5.41, 5.74) is 17.9. The fraction of sp³-hybridized carbons (Fsp3) is 0.478. The number of fused-ring (bicyclic) bond motifs is 2. The molecule has 0 amide bonds. The number of aryl methyl sites for hydroxylation is 11. The van der Waals surface area contributed by atoms with Crippen LogP contribution in [-0.2, 0) is 6.42 Å². The van der Waals surface area contributed by atoms with Crippen molar-refractivity contribution in [2.24, 2.45) is 0 Å². The molecule has 0 aliphatic rings. The van der Waals surface area contributed by atoms with Crippen LogP contribution in [0.2, 0.25) is 0 Å². The highest BCUT2D eigenvalue weighted by Gasteiger charge is 2.21. The number of benzene rings is 2. The Labute approximate surface area is 321 Å². The number of hydrogen-bond acceptors (Lipinski definition) is 5. The highest BCUT2D eigenvalue weighted by atomic mass is 16.5. The minimum atomic E-state index is 0.681. The van der Waals surface area contributed by atoms with E-state index in [4.69, 9.17) is 4.74 Å². The lowest BCUT2D eigenvalue weighted by Crippen LogP contribution is -2.04. The van der Waals surface area contributed by atoms with Crippen LogP contribution in [0, 0.1) is 83.1 Å². The SMILES string of the molecule is CC.CC.CC.CCOc1ccc(-n2c(C)c3c(C)nnc(C)c3c2C)c(C)c1C.CCc1cc(C)c(-n2c(C)c3c(C)nnc(C)c3c2C)cc1C. The number of rotatable bonds is 5. The van der Waals surface area contributed by atoms with Gasteiger partial charge < -0.3 is 13.9 Å². The van der Waals surface area contributed by atoms with E-state index in [2.05, 4.69) is 116 Å². The van der Waals surface area contributed by atoms with Crippen molar-refractivity contribution in [3.05, 3.63) is 97.6 Å². The van der Waals surface area contributed by atoms with Gasteiger partial charge in [0.25, 0.3) is 0 Å². The molecule has 0 aliphatic carbocycles. The molecule has 0 radical (unpaired) electrons. The maximum Gasteiger partial charge on any atom is 0.122 e. The van der Waals surface area contributed by atoms with Gasteiger partial charge in [0.1, 0.15) is 5.75 Å². The molecule has 0 saturated heterocycles. The highest BCUT2D eigenvalue weighted by molar-refractivity contribution is 5.93. The number of ether oxygens (including phenoxy) is 1. The zero-order chi connectivity index (χ0) is 40.5. The smallest absolute Gasteiger partial charge is 0.122 e. The van der Waals surface area contributed by atoms with Gasteiger partial charge in [0.2, 0.25) is 0 Å². The Morgan fingerprint density at radius 2 is 0.849 bits per heavy atom. The molecule has 288 valence electrons. The van der Waals surface area contributed by atoms with Crippen LogP contribution in [0.25, 0.3) is 32.9 Å². The summed E-state index contributed by atoms with van der Waals surface area (Å²) < 4.78 is 10.4. The van der Waals surface area contributed by atoms with Crippen molar-refractivity contribution in [3.8, 4) is 17.1 Å². The van der Waals surface area contributed by atoms with Crippen molar-refractivity contribution < 1.29 is 4.74 Å². The maximum atomic E-state index is 5.74. The van der Waals surface area contributed by atoms with Gasteiger partial charge in [-0.1, -0.05) is 54.5 Å².